The third-order valence-corrected chi connectivity index (χ3v) is 4.02. The lowest BCUT2D eigenvalue weighted by Gasteiger charge is -2.18. The van der Waals surface area contributed by atoms with Gasteiger partial charge in [-0.3, -0.25) is 4.79 Å². The maximum Gasteiger partial charge on any atom is 0.321 e. The first kappa shape index (κ1) is 16.8. The summed E-state index contributed by atoms with van der Waals surface area (Å²) in [6, 6.07) is 10.2. The van der Waals surface area contributed by atoms with E-state index in [-0.39, 0.29) is 11.9 Å². The molecular weight excluding hydrogens is 320 g/mol. The molecule has 2 heterocycles. The lowest BCUT2D eigenvalue weighted by atomic mass is 10.2. The number of ether oxygens (including phenoxy) is 1. The Morgan fingerprint density at radius 1 is 1.04 bits per heavy atom. The second-order valence-corrected chi connectivity index (χ2v) is 5.71. The summed E-state index contributed by atoms with van der Waals surface area (Å²) in [4.78, 5) is 30.5. The lowest BCUT2D eigenvalue weighted by molar-refractivity contribution is 0.102. The van der Waals surface area contributed by atoms with Gasteiger partial charge >= 0.3 is 6.03 Å². The summed E-state index contributed by atoms with van der Waals surface area (Å²) in [6.45, 7) is 1.52. The molecule has 0 bridgehead atoms. The zero-order chi connectivity index (χ0) is 17.6. The van der Waals surface area contributed by atoms with Gasteiger partial charge in [-0.05, 0) is 31.0 Å². The second-order valence-electron chi connectivity index (χ2n) is 5.71. The molecule has 130 valence electrons. The lowest BCUT2D eigenvalue weighted by Crippen LogP contribution is -2.32. The molecule has 0 aliphatic carbocycles. The quantitative estimate of drug-likeness (QED) is 0.896. The summed E-state index contributed by atoms with van der Waals surface area (Å²) in [5.41, 5.74) is 1.51. The number of rotatable bonds is 4. The third kappa shape index (κ3) is 4.06. The van der Waals surface area contributed by atoms with Gasteiger partial charge in [-0.2, -0.15) is 0 Å². The van der Waals surface area contributed by atoms with Crippen LogP contribution in [0.5, 0.6) is 5.88 Å². The summed E-state index contributed by atoms with van der Waals surface area (Å²) in [7, 11) is 1.52. The van der Waals surface area contributed by atoms with Gasteiger partial charge in [0.1, 0.15) is 0 Å². The van der Waals surface area contributed by atoms with E-state index in [9.17, 15) is 9.59 Å². The average molecular weight is 340 g/mol. The van der Waals surface area contributed by atoms with Crippen molar-refractivity contribution in [2.45, 2.75) is 12.8 Å². The van der Waals surface area contributed by atoms with Crippen LogP contribution in [0.3, 0.4) is 0 Å². The first-order chi connectivity index (χ1) is 12.2. The van der Waals surface area contributed by atoms with E-state index in [1.807, 2.05) is 6.07 Å². The van der Waals surface area contributed by atoms with Crippen LogP contribution in [0.15, 0.2) is 42.6 Å². The Hall–Kier alpha value is -3.09. The van der Waals surface area contributed by atoms with Crippen LogP contribution in [0.1, 0.15) is 23.2 Å². The highest BCUT2D eigenvalue weighted by Crippen LogP contribution is 2.23. The fourth-order valence-corrected chi connectivity index (χ4v) is 2.65. The number of carbonyl (C=O) groups is 2. The highest BCUT2D eigenvalue weighted by atomic mass is 16.5. The van der Waals surface area contributed by atoms with E-state index in [1.165, 1.54) is 13.3 Å². The van der Waals surface area contributed by atoms with Crippen LogP contribution in [-0.2, 0) is 0 Å². The van der Waals surface area contributed by atoms with Crippen molar-refractivity contribution < 1.29 is 14.3 Å². The number of nitrogens with one attached hydrogen (secondary N) is 2. The number of nitrogens with zero attached hydrogens (tertiary/aromatic N) is 2. The monoisotopic (exact) mass is 340 g/mol. The molecule has 2 aromatic rings. The van der Waals surface area contributed by atoms with Crippen molar-refractivity contribution in [1.82, 2.24) is 9.88 Å². The molecule has 25 heavy (non-hydrogen) atoms. The van der Waals surface area contributed by atoms with Gasteiger partial charge < -0.3 is 20.3 Å². The molecule has 2 N–H and O–H groups in total. The van der Waals surface area contributed by atoms with Gasteiger partial charge in [0.15, 0.2) is 0 Å². The molecule has 3 rings (SSSR count). The maximum absolute atomic E-state index is 12.4. The van der Waals surface area contributed by atoms with Crippen LogP contribution in [0, 0.1) is 0 Å². The molecule has 1 aromatic heterocycles. The number of urea groups is 1. The van der Waals surface area contributed by atoms with Crippen molar-refractivity contribution in [3.05, 3.63) is 48.2 Å². The van der Waals surface area contributed by atoms with Gasteiger partial charge in [-0.15, -0.1) is 0 Å². The number of pyridine rings is 1. The van der Waals surface area contributed by atoms with E-state index in [0.717, 1.165) is 25.9 Å². The van der Waals surface area contributed by atoms with E-state index < -0.39 is 0 Å². The summed E-state index contributed by atoms with van der Waals surface area (Å²) < 4.78 is 4.98. The smallest absolute Gasteiger partial charge is 0.321 e. The molecule has 1 saturated heterocycles. The molecule has 7 nitrogen and oxygen atoms in total. The molecular formula is C18H20N4O3. The van der Waals surface area contributed by atoms with Gasteiger partial charge in [-0.25, -0.2) is 9.78 Å². The number of benzene rings is 1. The van der Waals surface area contributed by atoms with Crippen molar-refractivity contribution in [3.63, 3.8) is 0 Å². The normalized spacial score (nSPS) is 13.4. The number of aromatic nitrogens is 1. The Bertz CT molecular complexity index is 755. The van der Waals surface area contributed by atoms with Crippen molar-refractivity contribution in [1.29, 1.82) is 0 Å². The minimum absolute atomic E-state index is 0.148. The zero-order valence-corrected chi connectivity index (χ0v) is 14.0. The van der Waals surface area contributed by atoms with Gasteiger partial charge in [-0.1, -0.05) is 12.1 Å². The Morgan fingerprint density at radius 2 is 1.72 bits per heavy atom. The van der Waals surface area contributed by atoms with Crippen LogP contribution in [0.25, 0.3) is 0 Å². The molecule has 1 aromatic carbocycles. The Kier molecular flexibility index (Phi) is 5.13. The van der Waals surface area contributed by atoms with Crippen LogP contribution in [0.2, 0.25) is 0 Å². The standard InChI is InChI=1S/C18H20N4O3/c1-25-16-9-8-13(12-19-16)17(23)20-14-6-2-3-7-15(14)21-18(24)22-10-4-5-11-22/h2-3,6-9,12H,4-5,10-11H2,1H3,(H,20,23)(H,21,24). The van der Waals surface area contributed by atoms with Crippen LogP contribution < -0.4 is 15.4 Å². The fourth-order valence-electron chi connectivity index (χ4n) is 2.65. The van der Waals surface area contributed by atoms with Gasteiger partial charge in [0, 0.05) is 25.4 Å². The minimum atomic E-state index is -0.307. The van der Waals surface area contributed by atoms with E-state index in [4.69, 9.17) is 4.74 Å². The van der Waals surface area contributed by atoms with E-state index in [0.29, 0.717) is 22.8 Å². The fraction of sp³-hybridized carbons (Fsp3) is 0.278. The van der Waals surface area contributed by atoms with Gasteiger partial charge in [0.05, 0.1) is 24.0 Å². The number of carbonyl (C=O) groups excluding carboxylic acids is 2. The van der Waals surface area contributed by atoms with Crippen LogP contribution in [-0.4, -0.2) is 42.0 Å². The molecule has 0 spiro atoms. The van der Waals surface area contributed by atoms with Crippen molar-refractivity contribution >= 4 is 23.3 Å². The average Bonchev–Trinajstić information content (AvgIpc) is 3.18. The molecule has 0 atom stereocenters. The van der Waals surface area contributed by atoms with E-state index in [1.54, 1.807) is 35.2 Å². The van der Waals surface area contributed by atoms with Gasteiger partial charge in [0.2, 0.25) is 5.88 Å². The molecule has 7 heteroatoms. The van der Waals surface area contributed by atoms with Crippen LogP contribution in [0.4, 0.5) is 16.2 Å². The number of anilines is 2. The van der Waals surface area contributed by atoms with Crippen molar-refractivity contribution in [2.75, 3.05) is 30.8 Å². The molecule has 0 saturated carbocycles. The number of methoxy groups -OCH3 is 1. The number of hydrogen-bond acceptors (Lipinski definition) is 4. The Morgan fingerprint density at radius 3 is 2.32 bits per heavy atom. The molecule has 0 unspecified atom stereocenters. The number of para-hydroxylation sites is 2. The number of amides is 3. The number of hydrogen-bond donors (Lipinski definition) is 2. The first-order valence-corrected chi connectivity index (χ1v) is 8.14. The highest BCUT2D eigenvalue weighted by Gasteiger charge is 2.19. The second kappa shape index (κ2) is 7.65. The minimum Gasteiger partial charge on any atom is -0.481 e. The Balaban J connectivity index is 1.71. The van der Waals surface area contributed by atoms with Gasteiger partial charge in [0.25, 0.3) is 5.91 Å². The predicted molar refractivity (Wildman–Crippen MR) is 95.0 cm³/mol. The summed E-state index contributed by atoms with van der Waals surface area (Å²) in [5.74, 6) is 0.132. The number of likely N-dealkylation sites (tertiary alicyclic amines) is 1. The summed E-state index contributed by atoms with van der Waals surface area (Å²) in [5, 5.41) is 5.67. The van der Waals surface area contributed by atoms with E-state index >= 15 is 0 Å². The molecule has 3 amide bonds. The predicted octanol–water partition coefficient (Wildman–Crippen LogP) is 2.97. The third-order valence-electron chi connectivity index (χ3n) is 4.02. The largest absolute Gasteiger partial charge is 0.481 e. The SMILES string of the molecule is COc1ccc(C(=O)Nc2ccccc2NC(=O)N2CCCC2)cn1. The summed E-state index contributed by atoms with van der Waals surface area (Å²) >= 11 is 0. The molecule has 1 fully saturated rings. The van der Waals surface area contributed by atoms with Crippen molar-refractivity contribution in [2.24, 2.45) is 0 Å². The first-order valence-electron chi connectivity index (χ1n) is 8.14. The highest BCUT2D eigenvalue weighted by molar-refractivity contribution is 6.07. The van der Waals surface area contributed by atoms with E-state index in [2.05, 4.69) is 15.6 Å². The molecule has 1 aliphatic heterocycles. The zero-order valence-electron chi connectivity index (χ0n) is 14.0. The molecule has 1 aliphatic rings. The van der Waals surface area contributed by atoms with Crippen molar-refractivity contribution in [3.8, 4) is 5.88 Å². The maximum atomic E-state index is 12.4. The van der Waals surface area contributed by atoms with Crippen LogP contribution >= 0.6 is 0 Å². The topological polar surface area (TPSA) is 83.6 Å². The summed E-state index contributed by atoms with van der Waals surface area (Å²) in [6.07, 6.45) is 3.49. The Labute approximate surface area is 146 Å². The molecule has 0 radical (unpaired) electrons.